The lowest BCUT2D eigenvalue weighted by molar-refractivity contribution is 0.0697. The van der Waals surface area contributed by atoms with Crippen molar-refractivity contribution >= 4 is 29.0 Å². The van der Waals surface area contributed by atoms with Crippen molar-refractivity contribution < 1.29 is 9.90 Å². The first-order valence-corrected chi connectivity index (χ1v) is 5.98. The zero-order valence-electron chi connectivity index (χ0n) is 9.96. The smallest absolute Gasteiger partial charge is 0.336 e. The molecule has 0 spiro atoms. The Morgan fingerprint density at radius 3 is 2.32 bits per heavy atom. The number of carboxylic acids is 1. The molecule has 5 heteroatoms. The van der Waals surface area contributed by atoms with E-state index in [2.05, 4.69) is 5.32 Å². The lowest BCUT2D eigenvalue weighted by Gasteiger charge is -2.08. The average Bonchev–Trinajstić information content (AvgIpc) is 2.39. The summed E-state index contributed by atoms with van der Waals surface area (Å²) >= 11 is 4.75. The number of rotatable bonds is 3. The molecule has 4 nitrogen and oxygen atoms in total. The molecule has 0 aliphatic rings. The number of hydrogen-bond donors (Lipinski definition) is 3. The fourth-order valence-electron chi connectivity index (χ4n) is 1.80. The van der Waals surface area contributed by atoms with Crippen LogP contribution in [0.1, 0.15) is 10.4 Å². The second-order valence-corrected chi connectivity index (χ2v) is 4.36. The first kappa shape index (κ1) is 13.0. The minimum atomic E-state index is -0.944. The molecule has 0 aliphatic heterocycles. The van der Waals surface area contributed by atoms with E-state index >= 15 is 0 Å². The Kier molecular flexibility index (Phi) is 3.77. The predicted molar refractivity (Wildman–Crippen MR) is 79.2 cm³/mol. The number of aromatic carboxylic acids is 1. The van der Waals surface area contributed by atoms with Crippen LogP contribution < -0.4 is 11.1 Å². The van der Waals surface area contributed by atoms with Gasteiger partial charge < -0.3 is 16.2 Å². The zero-order chi connectivity index (χ0) is 13.8. The molecular formula is C14H12N2O2S. The maximum absolute atomic E-state index is 11.2. The number of hydrogen-bond acceptors (Lipinski definition) is 2. The Bertz CT molecular complexity index is 624. The molecule has 0 aromatic heterocycles. The van der Waals surface area contributed by atoms with Gasteiger partial charge in [-0.3, -0.25) is 0 Å². The van der Waals surface area contributed by atoms with Gasteiger partial charge in [0.2, 0.25) is 0 Å². The lowest BCUT2D eigenvalue weighted by Crippen LogP contribution is -2.18. The fourth-order valence-corrected chi connectivity index (χ4v) is 1.91. The Morgan fingerprint density at radius 1 is 1.11 bits per heavy atom. The average molecular weight is 272 g/mol. The Morgan fingerprint density at radius 2 is 1.74 bits per heavy atom. The largest absolute Gasteiger partial charge is 0.478 e. The first-order valence-electron chi connectivity index (χ1n) is 5.57. The van der Waals surface area contributed by atoms with Gasteiger partial charge in [0, 0.05) is 5.69 Å². The highest BCUT2D eigenvalue weighted by Gasteiger charge is 2.10. The summed E-state index contributed by atoms with van der Waals surface area (Å²) in [6.07, 6.45) is 0. The van der Waals surface area contributed by atoms with E-state index in [0.717, 1.165) is 11.3 Å². The van der Waals surface area contributed by atoms with E-state index in [1.807, 2.05) is 18.2 Å². The van der Waals surface area contributed by atoms with Crippen molar-refractivity contribution in [3.63, 3.8) is 0 Å². The molecule has 0 aliphatic carbocycles. The molecule has 0 bridgehead atoms. The molecule has 4 N–H and O–H groups in total. The van der Waals surface area contributed by atoms with Gasteiger partial charge in [-0.25, -0.2) is 4.79 Å². The fraction of sp³-hybridized carbons (Fsp3) is 0. The van der Waals surface area contributed by atoms with Gasteiger partial charge in [-0.2, -0.15) is 0 Å². The van der Waals surface area contributed by atoms with Crippen molar-refractivity contribution in [2.24, 2.45) is 5.73 Å². The van der Waals surface area contributed by atoms with Gasteiger partial charge in [0.15, 0.2) is 5.11 Å². The summed E-state index contributed by atoms with van der Waals surface area (Å²) in [6.45, 7) is 0. The standard InChI is InChI=1S/C14H12N2O2S/c15-14(19)16-10-7-5-9(6-8-10)11-3-1-2-4-12(11)13(17)18/h1-8H,(H,17,18)(H3,15,16,19). The van der Waals surface area contributed by atoms with Crippen molar-refractivity contribution in [1.82, 2.24) is 0 Å². The van der Waals surface area contributed by atoms with Crippen LogP contribution in [0.5, 0.6) is 0 Å². The van der Waals surface area contributed by atoms with E-state index < -0.39 is 5.97 Å². The highest BCUT2D eigenvalue weighted by atomic mass is 32.1. The molecule has 0 unspecified atom stereocenters. The molecule has 2 aromatic rings. The van der Waals surface area contributed by atoms with Crippen LogP contribution in [0.3, 0.4) is 0 Å². The maximum Gasteiger partial charge on any atom is 0.336 e. The minimum Gasteiger partial charge on any atom is -0.478 e. The molecule has 2 rings (SSSR count). The highest BCUT2D eigenvalue weighted by Crippen LogP contribution is 2.25. The second kappa shape index (κ2) is 5.49. The number of nitrogens with one attached hydrogen (secondary N) is 1. The van der Waals surface area contributed by atoms with Crippen LogP contribution in [0.4, 0.5) is 5.69 Å². The molecule has 0 heterocycles. The van der Waals surface area contributed by atoms with Crippen LogP contribution >= 0.6 is 12.2 Å². The molecule has 0 saturated carbocycles. The van der Waals surface area contributed by atoms with Crippen molar-refractivity contribution in [2.45, 2.75) is 0 Å². The van der Waals surface area contributed by atoms with Crippen LogP contribution in [-0.2, 0) is 0 Å². The summed E-state index contributed by atoms with van der Waals surface area (Å²) in [6, 6.07) is 14.1. The molecule has 19 heavy (non-hydrogen) atoms. The van der Waals surface area contributed by atoms with Gasteiger partial charge in [0.05, 0.1) is 5.56 Å². The van der Waals surface area contributed by atoms with E-state index in [9.17, 15) is 4.79 Å². The Balaban J connectivity index is 2.37. The van der Waals surface area contributed by atoms with Crippen molar-refractivity contribution in [3.8, 4) is 11.1 Å². The monoisotopic (exact) mass is 272 g/mol. The summed E-state index contributed by atoms with van der Waals surface area (Å²) in [5.41, 5.74) is 7.93. The van der Waals surface area contributed by atoms with Crippen molar-refractivity contribution in [3.05, 3.63) is 54.1 Å². The van der Waals surface area contributed by atoms with E-state index in [1.165, 1.54) is 0 Å². The van der Waals surface area contributed by atoms with E-state index in [1.54, 1.807) is 30.3 Å². The summed E-state index contributed by atoms with van der Waals surface area (Å²) in [7, 11) is 0. The van der Waals surface area contributed by atoms with Crippen molar-refractivity contribution in [1.29, 1.82) is 0 Å². The normalized spacial score (nSPS) is 9.89. The van der Waals surface area contributed by atoms with Gasteiger partial charge >= 0.3 is 5.97 Å². The first-order chi connectivity index (χ1) is 9.08. The lowest BCUT2D eigenvalue weighted by atomic mass is 9.99. The van der Waals surface area contributed by atoms with Gasteiger partial charge in [-0.05, 0) is 41.5 Å². The number of nitrogens with two attached hydrogens (primary N) is 1. The molecule has 0 fully saturated rings. The van der Waals surface area contributed by atoms with Gasteiger partial charge in [-0.15, -0.1) is 0 Å². The molecule has 96 valence electrons. The van der Waals surface area contributed by atoms with Crippen LogP contribution in [0, 0.1) is 0 Å². The topological polar surface area (TPSA) is 75.3 Å². The summed E-state index contributed by atoms with van der Waals surface area (Å²) in [5.74, 6) is -0.944. The van der Waals surface area contributed by atoms with Gasteiger partial charge in [-0.1, -0.05) is 30.3 Å². The molecule has 0 saturated heterocycles. The number of carboxylic acid groups (broad SMARTS) is 1. The van der Waals surface area contributed by atoms with E-state index in [0.29, 0.717) is 5.56 Å². The highest BCUT2D eigenvalue weighted by molar-refractivity contribution is 7.80. The third-order valence-electron chi connectivity index (χ3n) is 2.62. The predicted octanol–water partition coefficient (Wildman–Crippen LogP) is 2.71. The van der Waals surface area contributed by atoms with Crippen LogP contribution in [0.15, 0.2) is 48.5 Å². The van der Waals surface area contributed by atoms with Gasteiger partial charge in [0.1, 0.15) is 0 Å². The summed E-state index contributed by atoms with van der Waals surface area (Å²) in [5, 5.41) is 12.2. The van der Waals surface area contributed by atoms with Crippen molar-refractivity contribution in [2.75, 3.05) is 5.32 Å². The Hall–Kier alpha value is -2.40. The molecular weight excluding hydrogens is 260 g/mol. The molecule has 2 aromatic carbocycles. The van der Waals surface area contributed by atoms with Crippen LogP contribution in [0.25, 0.3) is 11.1 Å². The second-order valence-electron chi connectivity index (χ2n) is 3.92. The Labute approximate surface area is 115 Å². The third kappa shape index (κ3) is 3.08. The summed E-state index contributed by atoms with van der Waals surface area (Å²) in [4.78, 5) is 11.2. The van der Waals surface area contributed by atoms with E-state index in [4.69, 9.17) is 23.1 Å². The number of carbonyl (C=O) groups is 1. The zero-order valence-corrected chi connectivity index (χ0v) is 10.8. The number of benzene rings is 2. The maximum atomic E-state index is 11.2. The quantitative estimate of drug-likeness (QED) is 0.749. The van der Waals surface area contributed by atoms with Crippen LogP contribution in [0.2, 0.25) is 0 Å². The molecule has 0 atom stereocenters. The molecule has 0 radical (unpaired) electrons. The minimum absolute atomic E-state index is 0.193. The molecule has 0 amide bonds. The summed E-state index contributed by atoms with van der Waals surface area (Å²) < 4.78 is 0. The SMILES string of the molecule is NC(=S)Nc1ccc(-c2ccccc2C(=O)O)cc1. The van der Waals surface area contributed by atoms with E-state index in [-0.39, 0.29) is 10.7 Å². The third-order valence-corrected chi connectivity index (χ3v) is 2.72. The number of anilines is 1. The van der Waals surface area contributed by atoms with Gasteiger partial charge in [0.25, 0.3) is 0 Å². The number of thiocarbonyl (C=S) groups is 1. The van der Waals surface area contributed by atoms with Crippen LogP contribution in [-0.4, -0.2) is 16.2 Å².